The summed E-state index contributed by atoms with van der Waals surface area (Å²) >= 11 is 0. The molecule has 0 aliphatic heterocycles. The van der Waals surface area contributed by atoms with E-state index in [2.05, 4.69) is 24.4 Å². The zero-order valence-electron chi connectivity index (χ0n) is 6.00. The van der Waals surface area contributed by atoms with Crippen LogP contribution in [0, 0.1) is 0 Å². The number of anilines is 1. The van der Waals surface area contributed by atoms with Crippen molar-refractivity contribution in [3.05, 3.63) is 30.3 Å². The smallest absolute Gasteiger partial charge is 0.0340 e. The van der Waals surface area contributed by atoms with E-state index in [9.17, 15) is 0 Å². The highest BCUT2D eigenvalue weighted by Crippen LogP contribution is 2.02. The van der Waals surface area contributed by atoms with Gasteiger partial charge in [-0.2, -0.15) is 0 Å². The van der Waals surface area contributed by atoms with Gasteiger partial charge in [0.15, 0.2) is 0 Å². The highest BCUT2D eigenvalue weighted by molar-refractivity contribution is 5.85. The minimum Gasteiger partial charge on any atom is -0.385 e. The molecule has 1 N–H and O–H groups in total. The van der Waals surface area contributed by atoms with Crippen molar-refractivity contribution in [3.63, 3.8) is 0 Å². The first kappa shape index (κ1) is 9.31. The van der Waals surface area contributed by atoms with Gasteiger partial charge in [-0.25, -0.2) is 0 Å². The summed E-state index contributed by atoms with van der Waals surface area (Å²) in [5.41, 5.74) is 1.19. The lowest BCUT2D eigenvalue weighted by molar-refractivity contribution is 1.21. The minimum atomic E-state index is 0. The molecule has 0 saturated heterocycles. The quantitative estimate of drug-likeness (QED) is 0.696. The summed E-state index contributed by atoms with van der Waals surface area (Å²) in [5, 5.41) is 3.21. The van der Waals surface area contributed by atoms with Crippen LogP contribution in [-0.2, 0) is 0 Å². The van der Waals surface area contributed by atoms with E-state index in [1.165, 1.54) is 5.69 Å². The number of nitrogens with one attached hydrogen (secondary N) is 1. The lowest BCUT2D eigenvalue weighted by atomic mass is 10.3. The topological polar surface area (TPSA) is 12.0 Å². The molecule has 0 heterocycles. The van der Waals surface area contributed by atoms with Gasteiger partial charge < -0.3 is 5.32 Å². The van der Waals surface area contributed by atoms with Crippen molar-refractivity contribution in [1.29, 1.82) is 0 Å². The SMILES string of the molecule is CCNc1ccccc1.Cl. The normalized spacial score (nSPS) is 8.10. The first-order valence-electron chi connectivity index (χ1n) is 3.22. The molecular formula is C8H12ClN. The van der Waals surface area contributed by atoms with Crippen LogP contribution < -0.4 is 5.32 Å². The number of benzene rings is 1. The van der Waals surface area contributed by atoms with Crippen LogP contribution in [0.15, 0.2) is 30.3 Å². The summed E-state index contributed by atoms with van der Waals surface area (Å²) in [5.74, 6) is 0. The fraction of sp³-hybridized carbons (Fsp3) is 0.250. The summed E-state index contributed by atoms with van der Waals surface area (Å²) in [6, 6.07) is 10.2. The van der Waals surface area contributed by atoms with Gasteiger partial charge in [0.1, 0.15) is 0 Å². The van der Waals surface area contributed by atoms with Crippen molar-refractivity contribution in [3.8, 4) is 0 Å². The van der Waals surface area contributed by atoms with E-state index in [0.717, 1.165) is 6.54 Å². The van der Waals surface area contributed by atoms with E-state index in [1.807, 2.05) is 18.2 Å². The molecule has 1 rings (SSSR count). The molecule has 0 aromatic heterocycles. The minimum absolute atomic E-state index is 0. The van der Waals surface area contributed by atoms with Gasteiger partial charge >= 0.3 is 0 Å². The predicted molar refractivity (Wildman–Crippen MR) is 47.9 cm³/mol. The fourth-order valence-corrected chi connectivity index (χ4v) is 0.760. The van der Waals surface area contributed by atoms with Crippen molar-refractivity contribution in [1.82, 2.24) is 0 Å². The Morgan fingerprint density at radius 2 is 1.80 bits per heavy atom. The molecule has 0 spiro atoms. The predicted octanol–water partition coefficient (Wildman–Crippen LogP) is 2.54. The van der Waals surface area contributed by atoms with E-state index in [-0.39, 0.29) is 12.4 Å². The van der Waals surface area contributed by atoms with Gasteiger partial charge in [0.25, 0.3) is 0 Å². The zero-order valence-corrected chi connectivity index (χ0v) is 6.82. The van der Waals surface area contributed by atoms with E-state index in [1.54, 1.807) is 0 Å². The fourth-order valence-electron chi connectivity index (χ4n) is 0.760. The molecule has 0 radical (unpaired) electrons. The molecular weight excluding hydrogens is 146 g/mol. The second-order valence-corrected chi connectivity index (χ2v) is 1.90. The van der Waals surface area contributed by atoms with E-state index in [4.69, 9.17) is 0 Å². The highest BCUT2D eigenvalue weighted by Gasteiger charge is 1.81. The average molecular weight is 158 g/mol. The van der Waals surface area contributed by atoms with Crippen molar-refractivity contribution in [2.75, 3.05) is 11.9 Å². The molecule has 0 unspecified atom stereocenters. The van der Waals surface area contributed by atoms with Crippen molar-refractivity contribution in [2.45, 2.75) is 6.92 Å². The second kappa shape index (κ2) is 5.12. The zero-order chi connectivity index (χ0) is 6.53. The van der Waals surface area contributed by atoms with Crippen molar-refractivity contribution in [2.24, 2.45) is 0 Å². The lowest BCUT2D eigenvalue weighted by Gasteiger charge is -1.99. The molecule has 0 fully saturated rings. The Balaban J connectivity index is 0.000000810. The van der Waals surface area contributed by atoms with Crippen LogP contribution in [0.1, 0.15) is 6.92 Å². The molecule has 1 aromatic carbocycles. The number of hydrogen-bond acceptors (Lipinski definition) is 1. The Bertz CT molecular complexity index is 162. The maximum absolute atomic E-state index is 3.21. The monoisotopic (exact) mass is 157 g/mol. The van der Waals surface area contributed by atoms with E-state index < -0.39 is 0 Å². The van der Waals surface area contributed by atoms with Crippen LogP contribution in [0.2, 0.25) is 0 Å². The Labute approximate surface area is 67.9 Å². The molecule has 10 heavy (non-hydrogen) atoms. The van der Waals surface area contributed by atoms with Gasteiger partial charge in [-0.15, -0.1) is 12.4 Å². The first-order chi connectivity index (χ1) is 4.43. The third-order valence-corrected chi connectivity index (χ3v) is 1.15. The van der Waals surface area contributed by atoms with Gasteiger partial charge in [0.2, 0.25) is 0 Å². The maximum Gasteiger partial charge on any atom is 0.0340 e. The van der Waals surface area contributed by atoms with Crippen LogP contribution in [-0.4, -0.2) is 6.54 Å². The maximum atomic E-state index is 3.21. The number of hydrogen-bond donors (Lipinski definition) is 1. The Kier molecular flexibility index (Phi) is 4.77. The van der Waals surface area contributed by atoms with Gasteiger partial charge in [-0.3, -0.25) is 0 Å². The summed E-state index contributed by atoms with van der Waals surface area (Å²) in [7, 11) is 0. The Morgan fingerprint density at radius 1 is 1.20 bits per heavy atom. The Morgan fingerprint density at radius 3 is 2.30 bits per heavy atom. The van der Waals surface area contributed by atoms with Gasteiger partial charge in [0.05, 0.1) is 0 Å². The van der Waals surface area contributed by atoms with Gasteiger partial charge in [-0.05, 0) is 19.1 Å². The molecule has 0 amide bonds. The van der Waals surface area contributed by atoms with E-state index in [0.29, 0.717) is 0 Å². The number of rotatable bonds is 2. The molecule has 0 bridgehead atoms. The van der Waals surface area contributed by atoms with Gasteiger partial charge in [-0.1, -0.05) is 18.2 Å². The second-order valence-electron chi connectivity index (χ2n) is 1.90. The Hall–Kier alpha value is -0.690. The molecule has 2 heteroatoms. The van der Waals surface area contributed by atoms with Crippen LogP contribution in [0.4, 0.5) is 5.69 Å². The molecule has 0 atom stereocenters. The third-order valence-electron chi connectivity index (χ3n) is 1.15. The first-order valence-corrected chi connectivity index (χ1v) is 3.22. The van der Waals surface area contributed by atoms with Crippen molar-refractivity contribution >= 4 is 18.1 Å². The van der Waals surface area contributed by atoms with Crippen LogP contribution in [0.3, 0.4) is 0 Å². The lowest BCUT2D eigenvalue weighted by Crippen LogP contribution is -1.94. The summed E-state index contributed by atoms with van der Waals surface area (Å²) in [6.07, 6.45) is 0. The average Bonchev–Trinajstić information content (AvgIpc) is 1.91. The number of para-hydroxylation sites is 1. The van der Waals surface area contributed by atoms with Crippen LogP contribution in [0.5, 0.6) is 0 Å². The summed E-state index contributed by atoms with van der Waals surface area (Å²) in [6.45, 7) is 3.08. The standard InChI is InChI=1S/C8H11N.ClH/c1-2-9-8-6-4-3-5-7-8;/h3-7,9H,2H2,1H3;1H. The largest absolute Gasteiger partial charge is 0.385 e. The third kappa shape index (κ3) is 2.74. The van der Waals surface area contributed by atoms with Crippen LogP contribution in [0.25, 0.3) is 0 Å². The molecule has 56 valence electrons. The summed E-state index contributed by atoms with van der Waals surface area (Å²) < 4.78 is 0. The van der Waals surface area contributed by atoms with Crippen LogP contribution >= 0.6 is 12.4 Å². The molecule has 1 nitrogen and oxygen atoms in total. The molecule has 0 aliphatic rings. The number of halogens is 1. The molecule has 1 aromatic rings. The summed E-state index contributed by atoms with van der Waals surface area (Å²) in [4.78, 5) is 0. The van der Waals surface area contributed by atoms with E-state index >= 15 is 0 Å². The molecule has 0 saturated carbocycles. The highest BCUT2D eigenvalue weighted by atomic mass is 35.5. The van der Waals surface area contributed by atoms with Gasteiger partial charge in [0, 0.05) is 12.2 Å². The van der Waals surface area contributed by atoms with Crippen molar-refractivity contribution < 1.29 is 0 Å². The molecule has 0 aliphatic carbocycles.